The summed E-state index contributed by atoms with van der Waals surface area (Å²) in [4.78, 5) is 0. The first kappa shape index (κ1) is 89.1. The third-order valence-corrected chi connectivity index (χ3v) is 17.6. The number of hydrogen-bond acceptors (Lipinski definition) is 0. The lowest BCUT2D eigenvalue weighted by Gasteiger charge is -2.22. The predicted molar refractivity (Wildman–Crippen MR) is 400 cm³/mol. The molecule has 542 valence electrons. The second-order valence-corrected chi connectivity index (χ2v) is 28.2. The third-order valence-electron chi connectivity index (χ3n) is 17.6. The summed E-state index contributed by atoms with van der Waals surface area (Å²) in [5.41, 5.74) is 12.0. The maximum Gasteiger partial charge on any atom is 0.161 e. The lowest BCUT2D eigenvalue weighted by molar-refractivity contribution is 0.308. The van der Waals surface area contributed by atoms with Gasteiger partial charge in [0.2, 0.25) is 0 Å². The Kier molecular flexibility index (Phi) is 42.9. The van der Waals surface area contributed by atoms with Gasteiger partial charge in [0.05, 0.1) is 0 Å². The van der Waals surface area contributed by atoms with E-state index in [0.29, 0.717) is 38.9 Å². The van der Waals surface area contributed by atoms with E-state index in [1.54, 1.807) is 70.0 Å². The van der Waals surface area contributed by atoms with E-state index < -0.39 is 46.5 Å². The maximum absolute atomic E-state index is 12.6. The van der Waals surface area contributed by atoms with E-state index >= 15 is 0 Å². The molecular weight excluding hydrogens is 1250 g/mol. The molecule has 0 bridgehead atoms. The molecule has 7 aromatic carbocycles. The third kappa shape index (κ3) is 38.4. The van der Waals surface area contributed by atoms with E-state index in [1.165, 1.54) is 171 Å². The Morgan fingerprint density at radius 1 is 0.255 bits per heavy atom. The Balaban J connectivity index is 0.00000107. The van der Waals surface area contributed by atoms with Gasteiger partial charge in [-0.3, -0.25) is 0 Å². The van der Waals surface area contributed by atoms with Crippen LogP contribution in [-0.4, -0.2) is 0 Å². The van der Waals surface area contributed by atoms with Crippen LogP contribution in [0.4, 0.5) is 43.9 Å². The quantitative estimate of drug-likeness (QED) is 0.105. The molecule has 0 nitrogen and oxygen atoms in total. The Labute approximate surface area is 588 Å². The van der Waals surface area contributed by atoms with Crippen LogP contribution in [0.25, 0.3) is 0 Å². The van der Waals surface area contributed by atoms with Crippen molar-refractivity contribution in [2.24, 2.45) is 35.5 Å². The van der Waals surface area contributed by atoms with E-state index in [4.69, 9.17) is 0 Å². The van der Waals surface area contributed by atoms with Crippen LogP contribution in [0.5, 0.6) is 0 Å². The van der Waals surface area contributed by atoms with Crippen LogP contribution < -0.4 is 0 Å². The fraction of sp³-hybridized carbons (Fsp3) is 0.455. The highest BCUT2D eigenvalue weighted by molar-refractivity contribution is 5.28. The molecule has 4 aliphatic rings. The molecule has 4 unspecified atom stereocenters. The molecule has 7 aromatic rings. The van der Waals surface area contributed by atoms with E-state index in [2.05, 4.69) is 118 Å². The molecule has 10 heteroatoms. The van der Waals surface area contributed by atoms with Crippen molar-refractivity contribution in [3.8, 4) is 0 Å². The summed E-state index contributed by atoms with van der Waals surface area (Å²) in [5.74, 6) is 1.05. The van der Waals surface area contributed by atoms with Gasteiger partial charge in [-0.05, 0) is 296 Å². The van der Waals surface area contributed by atoms with Crippen molar-refractivity contribution in [2.75, 3.05) is 0 Å². The van der Waals surface area contributed by atoms with Crippen LogP contribution in [0.1, 0.15) is 212 Å². The Hall–Kier alpha value is -6.94. The minimum Gasteiger partial charge on any atom is -0.207 e. The first-order valence-corrected chi connectivity index (χ1v) is 35.0. The molecule has 1 fully saturated rings. The summed E-state index contributed by atoms with van der Waals surface area (Å²) in [6.45, 7) is 42.2. The molecule has 0 aromatic heterocycles. The largest absolute Gasteiger partial charge is 0.207 e. The lowest BCUT2D eigenvalue weighted by atomic mass is 9.84. The minimum atomic E-state index is -0.736. The average Bonchev–Trinajstić information content (AvgIpc) is 0.909. The summed E-state index contributed by atoms with van der Waals surface area (Å²) in [6, 6.07) is 30.0. The van der Waals surface area contributed by atoms with Gasteiger partial charge in [-0.25, -0.2) is 43.9 Å². The van der Waals surface area contributed by atoms with Gasteiger partial charge in [-0.2, -0.15) is 0 Å². The number of benzene rings is 7. The zero-order valence-electron chi connectivity index (χ0n) is 63.4. The highest BCUT2D eigenvalue weighted by Crippen LogP contribution is 2.28. The lowest BCUT2D eigenvalue weighted by Crippen LogP contribution is -2.08. The fourth-order valence-corrected chi connectivity index (χ4v) is 9.81. The van der Waals surface area contributed by atoms with Crippen LogP contribution in [0.3, 0.4) is 0 Å². The van der Waals surface area contributed by atoms with Crippen molar-refractivity contribution in [1.82, 2.24) is 0 Å². The van der Waals surface area contributed by atoms with Gasteiger partial charge in [0.25, 0.3) is 0 Å². The summed E-state index contributed by atoms with van der Waals surface area (Å²) >= 11 is 0. The summed E-state index contributed by atoms with van der Waals surface area (Å²) in [6.07, 6.45) is 26.2. The van der Waals surface area contributed by atoms with Crippen LogP contribution >= 0.6 is 0 Å². The van der Waals surface area contributed by atoms with Gasteiger partial charge >= 0.3 is 0 Å². The molecule has 4 aliphatic carbocycles. The monoisotopic (exact) mass is 1370 g/mol. The number of aryl methyl sites for hydroxylation is 11. The number of rotatable bonds is 0. The first-order chi connectivity index (χ1) is 45.8. The normalized spacial score (nSPS) is 17.8. The van der Waals surface area contributed by atoms with E-state index in [0.717, 1.165) is 46.6 Å². The number of allylic oxidation sites excluding steroid dienone is 6. The zero-order chi connectivity index (χ0) is 74.5. The highest BCUT2D eigenvalue weighted by Gasteiger charge is 2.14. The summed E-state index contributed by atoms with van der Waals surface area (Å²) < 4.78 is 126. The van der Waals surface area contributed by atoms with Crippen LogP contribution in [0, 0.1) is 191 Å². The molecule has 0 heterocycles. The highest BCUT2D eigenvalue weighted by atomic mass is 19.2. The Morgan fingerprint density at radius 3 is 0.694 bits per heavy atom. The number of halogens is 10. The molecule has 0 aliphatic heterocycles. The molecule has 0 radical (unpaired) electrons. The standard InChI is InChI=1S/4C8H8F2.2C8H9F.C8H16.3C8H14.C8H10.H2/c3*1-5-3-7(9)6(2)8(10)4-5;1-5-3-4-6(2)8(10)7(5)9;2*1-6-3-4-7(2)8(9)5-6;5*1-7-3-5-8(2)6-4-7;/h4*3-4H,1-2H3;2*3-5H,1-2H3;7-8H,3-6H2,1-2H3;2*3,8H,4-6H2,1-2H3;3,5,7-8H,4,6H2,1-2H3;3-6H,1-2H3;1H. The van der Waals surface area contributed by atoms with Crippen LogP contribution in [0.15, 0.2) is 145 Å². The average molecular weight is 1370 g/mol. The molecule has 98 heavy (non-hydrogen) atoms. The Bertz CT molecular complexity index is 3200. The van der Waals surface area contributed by atoms with Gasteiger partial charge < -0.3 is 0 Å². The van der Waals surface area contributed by atoms with Crippen LogP contribution in [-0.2, 0) is 0 Å². The van der Waals surface area contributed by atoms with Crippen molar-refractivity contribution in [3.05, 3.63) is 281 Å². The number of hydrogen-bond donors (Lipinski definition) is 0. The topological polar surface area (TPSA) is 0 Å². The summed E-state index contributed by atoms with van der Waals surface area (Å²) in [7, 11) is 0. The van der Waals surface area contributed by atoms with Crippen molar-refractivity contribution >= 4 is 0 Å². The van der Waals surface area contributed by atoms with Gasteiger partial charge in [0.15, 0.2) is 11.6 Å². The molecule has 0 saturated heterocycles. The van der Waals surface area contributed by atoms with Gasteiger partial charge in [0.1, 0.15) is 46.5 Å². The zero-order valence-corrected chi connectivity index (χ0v) is 63.4. The van der Waals surface area contributed by atoms with E-state index in [9.17, 15) is 43.9 Å². The first-order valence-electron chi connectivity index (χ1n) is 35.0. The van der Waals surface area contributed by atoms with Crippen LogP contribution in [0.2, 0.25) is 0 Å². The molecule has 0 amide bonds. The second kappa shape index (κ2) is 47.2. The van der Waals surface area contributed by atoms with Crippen molar-refractivity contribution in [2.45, 2.75) is 229 Å². The van der Waals surface area contributed by atoms with Gasteiger partial charge in [-0.1, -0.05) is 174 Å². The second-order valence-electron chi connectivity index (χ2n) is 28.2. The van der Waals surface area contributed by atoms with E-state index in [1.807, 2.05) is 26.0 Å². The Morgan fingerprint density at radius 2 is 0.490 bits per heavy atom. The van der Waals surface area contributed by atoms with Crippen molar-refractivity contribution < 1.29 is 45.3 Å². The SMILES string of the molecule is CC1=CCC(C)CC1.CC1=CCC(C)CC1.CC1C=CC(C)CC1.CC1CCC(C)CC1.Cc1cc(F)c(C)c(F)c1.Cc1cc(F)c(C)c(F)c1.Cc1cc(F)c(C)c(F)c1.Cc1ccc(C)c(F)c1.Cc1ccc(C)c(F)c1.Cc1ccc(C)c(F)c1F.Cc1ccc(C)cc1.[HH]. The minimum absolute atomic E-state index is 0. The smallest absolute Gasteiger partial charge is 0.161 e. The maximum atomic E-state index is 12.6. The van der Waals surface area contributed by atoms with Crippen molar-refractivity contribution in [3.63, 3.8) is 0 Å². The fourth-order valence-electron chi connectivity index (χ4n) is 9.81. The molecular formula is C88H120F10. The van der Waals surface area contributed by atoms with Gasteiger partial charge in [-0.15, -0.1) is 0 Å². The van der Waals surface area contributed by atoms with Crippen molar-refractivity contribution in [1.29, 1.82) is 0 Å². The molecule has 1 saturated carbocycles. The molecule has 11 rings (SSSR count). The van der Waals surface area contributed by atoms with Gasteiger partial charge in [0, 0.05) is 18.1 Å². The molecule has 4 atom stereocenters. The summed E-state index contributed by atoms with van der Waals surface area (Å²) in [5, 5.41) is 0. The molecule has 0 spiro atoms. The van der Waals surface area contributed by atoms with E-state index in [-0.39, 0.29) is 29.8 Å². The predicted octanol–water partition coefficient (Wildman–Crippen LogP) is 28.7. The molecule has 0 N–H and O–H groups in total.